The highest BCUT2D eigenvalue weighted by molar-refractivity contribution is 6.35. The Bertz CT molecular complexity index is 1000. The number of hydrogen-bond donors (Lipinski definition) is 2. The van der Waals surface area contributed by atoms with Gasteiger partial charge in [0.25, 0.3) is 0 Å². The standard InChI is InChI=1S/C28H34Cl2N2O6/c1-17(2)15-37-27(35)23(13-19-5-9-21(29)10-6-19)31-25(33)26(34)32-24(28(36)38-16-18(3)4)14-20-7-11-22(30)12-8-20/h5-12,17-18,23-24H,13-16H2,1-4H3,(H,31,33)(H,32,34)/t23-,24-/m1/s1. The number of benzene rings is 2. The summed E-state index contributed by atoms with van der Waals surface area (Å²) in [6.45, 7) is 7.84. The first-order valence-corrected chi connectivity index (χ1v) is 13.1. The molecule has 8 nitrogen and oxygen atoms in total. The van der Waals surface area contributed by atoms with Gasteiger partial charge in [0.15, 0.2) is 0 Å². The van der Waals surface area contributed by atoms with E-state index < -0.39 is 35.8 Å². The van der Waals surface area contributed by atoms with E-state index in [1.165, 1.54) is 0 Å². The molecule has 0 heterocycles. The molecule has 0 aromatic heterocycles. The van der Waals surface area contributed by atoms with E-state index in [0.29, 0.717) is 21.2 Å². The lowest BCUT2D eigenvalue weighted by molar-refractivity contribution is -0.152. The summed E-state index contributed by atoms with van der Waals surface area (Å²) in [5.74, 6) is -3.35. The molecule has 0 fully saturated rings. The van der Waals surface area contributed by atoms with Crippen LogP contribution in [0, 0.1) is 11.8 Å². The zero-order valence-electron chi connectivity index (χ0n) is 22.0. The molecule has 2 N–H and O–H groups in total. The normalized spacial score (nSPS) is 12.5. The summed E-state index contributed by atoms with van der Waals surface area (Å²) in [6.07, 6.45) is 0.162. The van der Waals surface area contributed by atoms with Crippen LogP contribution in [0.2, 0.25) is 10.0 Å². The second kappa shape index (κ2) is 15.3. The van der Waals surface area contributed by atoms with Crippen LogP contribution in [0.3, 0.4) is 0 Å². The number of carbonyl (C=O) groups is 4. The highest BCUT2D eigenvalue weighted by Gasteiger charge is 2.30. The maximum absolute atomic E-state index is 12.8. The molecule has 2 aromatic carbocycles. The van der Waals surface area contributed by atoms with Gasteiger partial charge in [-0.2, -0.15) is 0 Å². The summed E-state index contributed by atoms with van der Waals surface area (Å²) < 4.78 is 10.6. The molecule has 0 saturated carbocycles. The van der Waals surface area contributed by atoms with E-state index in [0.717, 1.165) is 0 Å². The Morgan fingerprint density at radius 1 is 0.632 bits per heavy atom. The molecule has 0 aliphatic rings. The molecule has 0 unspecified atom stereocenters. The van der Waals surface area contributed by atoms with Crippen LogP contribution in [0.15, 0.2) is 48.5 Å². The van der Waals surface area contributed by atoms with Crippen molar-refractivity contribution in [2.24, 2.45) is 11.8 Å². The van der Waals surface area contributed by atoms with E-state index in [2.05, 4.69) is 10.6 Å². The molecule has 38 heavy (non-hydrogen) atoms. The van der Waals surface area contributed by atoms with Gasteiger partial charge in [-0.15, -0.1) is 0 Å². The molecule has 0 aliphatic carbocycles. The van der Waals surface area contributed by atoms with Crippen molar-refractivity contribution in [3.63, 3.8) is 0 Å². The molecule has 0 saturated heterocycles. The third-order valence-electron chi connectivity index (χ3n) is 5.21. The number of esters is 2. The summed E-state index contributed by atoms with van der Waals surface area (Å²) in [7, 11) is 0. The smallest absolute Gasteiger partial charge is 0.329 e. The van der Waals surface area contributed by atoms with Crippen LogP contribution in [0.25, 0.3) is 0 Å². The van der Waals surface area contributed by atoms with Gasteiger partial charge in [0, 0.05) is 22.9 Å². The minimum Gasteiger partial charge on any atom is -0.464 e. The lowest BCUT2D eigenvalue weighted by atomic mass is 10.1. The number of carbonyl (C=O) groups excluding carboxylic acids is 4. The molecule has 2 amide bonds. The second-order valence-electron chi connectivity index (χ2n) is 9.76. The predicted octanol–water partition coefficient (Wildman–Crippen LogP) is 4.15. The van der Waals surface area contributed by atoms with Crippen molar-refractivity contribution in [1.82, 2.24) is 10.6 Å². The van der Waals surface area contributed by atoms with Crippen LogP contribution in [0.1, 0.15) is 38.8 Å². The van der Waals surface area contributed by atoms with Gasteiger partial charge in [0.05, 0.1) is 13.2 Å². The Hall–Kier alpha value is -3.10. The fraction of sp³-hybridized carbons (Fsp3) is 0.429. The van der Waals surface area contributed by atoms with Crippen molar-refractivity contribution in [1.29, 1.82) is 0 Å². The molecule has 0 spiro atoms. The summed E-state index contributed by atoms with van der Waals surface area (Å²) >= 11 is 11.9. The third kappa shape index (κ3) is 11.1. The van der Waals surface area contributed by atoms with Gasteiger partial charge in [-0.25, -0.2) is 9.59 Å². The van der Waals surface area contributed by atoms with Crippen LogP contribution >= 0.6 is 23.2 Å². The summed E-state index contributed by atoms with van der Waals surface area (Å²) in [4.78, 5) is 51.2. The van der Waals surface area contributed by atoms with E-state index in [-0.39, 0.29) is 37.9 Å². The average Bonchev–Trinajstić information content (AvgIpc) is 2.87. The number of nitrogens with one attached hydrogen (secondary N) is 2. The zero-order chi connectivity index (χ0) is 28.2. The summed E-state index contributed by atoms with van der Waals surface area (Å²) in [5.41, 5.74) is 1.42. The fourth-order valence-corrected chi connectivity index (χ4v) is 3.50. The number of rotatable bonds is 12. The van der Waals surface area contributed by atoms with E-state index in [1.807, 2.05) is 27.7 Å². The molecule has 0 bridgehead atoms. The lowest BCUT2D eigenvalue weighted by Gasteiger charge is -2.21. The molecule has 2 atom stereocenters. The number of amides is 2. The maximum Gasteiger partial charge on any atom is 0.329 e. The summed E-state index contributed by atoms with van der Waals surface area (Å²) in [5, 5.41) is 5.92. The monoisotopic (exact) mass is 564 g/mol. The number of hydrogen-bond acceptors (Lipinski definition) is 6. The van der Waals surface area contributed by atoms with Crippen LogP contribution < -0.4 is 10.6 Å². The Morgan fingerprint density at radius 3 is 1.24 bits per heavy atom. The van der Waals surface area contributed by atoms with Gasteiger partial charge in [0.2, 0.25) is 0 Å². The minimum absolute atomic E-state index is 0.0811. The van der Waals surface area contributed by atoms with Crippen LogP contribution in [0.4, 0.5) is 0 Å². The highest BCUT2D eigenvalue weighted by atomic mass is 35.5. The van der Waals surface area contributed by atoms with Crippen LogP contribution in [-0.2, 0) is 41.5 Å². The molecule has 206 valence electrons. The van der Waals surface area contributed by atoms with Crippen molar-refractivity contribution in [3.8, 4) is 0 Å². The Morgan fingerprint density at radius 2 is 0.947 bits per heavy atom. The third-order valence-corrected chi connectivity index (χ3v) is 5.71. The Labute approximate surface area is 233 Å². The first kappa shape index (κ1) is 31.1. The zero-order valence-corrected chi connectivity index (χ0v) is 23.5. The molecular weight excluding hydrogens is 531 g/mol. The molecule has 0 radical (unpaired) electrons. The minimum atomic E-state index is -1.13. The first-order valence-electron chi connectivity index (χ1n) is 12.4. The van der Waals surface area contributed by atoms with Crippen molar-refractivity contribution in [2.45, 2.75) is 52.6 Å². The number of ether oxygens (including phenoxy) is 2. The lowest BCUT2D eigenvalue weighted by Crippen LogP contribution is -2.53. The van der Waals surface area contributed by atoms with E-state index >= 15 is 0 Å². The van der Waals surface area contributed by atoms with Crippen molar-refractivity contribution in [2.75, 3.05) is 13.2 Å². The van der Waals surface area contributed by atoms with Gasteiger partial charge in [-0.3, -0.25) is 9.59 Å². The van der Waals surface area contributed by atoms with Crippen LogP contribution in [0.5, 0.6) is 0 Å². The molecule has 10 heteroatoms. The first-order chi connectivity index (χ1) is 17.9. The number of halogens is 2. The predicted molar refractivity (Wildman–Crippen MR) is 146 cm³/mol. The SMILES string of the molecule is CC(C)COC(=O)[C@@H](Cc1ccc(Cl)cc1)NC(=O)C(=O)N[C@H](Cc1ccc(Cl)cc1)C(=O)OCC(C)C. The van der Waals surface area contributed by atoms with E-state index in [9.17, 15) is 19.2 Å². The van der Waals surface area contributed by atoms with Crippen molar-refractivity contribution >= 4 is 47.0 Å². The van der Waals surface area contributed by atoms with Gasteiger partial charge in [-0.05, 0) is 47.2 Å². The molecule has 2 rings (SSSR count). The van der Waals surface area contributed by atoms with Gasteiger partial charge in [-0.1, -0.05) is 75.2 Å². The second-order valence-corrected chi connectivity index (χ2v) is 10.6. The van der Waals surface area contributed by atoms with Gasteiger partial charge < -0.3 is 20.1 Å². The Balaban J connectivity index is 2.15. The topological polar surface area (TPSA) is 111 Å². The van der Waals surface area contributed by atoms with Crippen molar-refractivity contribution in [3.05, 3.63) is 69.7 Å². The fourth-order valence-electron chi connectivity index (χ4n) is 3.25. The quantitative estimate of drug-likeness (QED) is 0.296. The van der Waals surface area contributed by atoms with Crippen LogP contribution in [-0.4, -0.2) is 49.1 Å². The van der Waals surface area contributed by atoms with Gasteiger partial charge in [0.1, 0.15) is 12.1 Å². The van der Waals surface area contributed by atoms with Crippen molar-refractivity contribution < 1.29 is 28.7 Å². The Kier molecular flexibility index (Phi) is 12.6. The maximum atomic E-state index is 12.8. The largest absolute Gasteiger partial charge is 0.464 e. The van der Waals surface area contributed by atoms with E-state index in [1.54, 1.807) is 48.5 Å². The molecular formula is C28H34Cl2N2O6. The van der Waals surface area contributed by atoms with Gasteiger partial charge >= 0.3 is 23.8 Å². The van der Waals surface area contributed by atoms with E-state index in [4.69, 9.17) is 32.7 Å². The summed E-state index contributed by atoms with van der Waals surface area (Å²) in [6, 6.07) is 11.2. The highest BCUT2D eigenvalue weighted by Crippen LogP contribution is 2.13. The molecule has 2 aromatic rings. The molecule has 0 aliphatic heterocycles. The average molecular weight is 565 g/mol.